The van der Waals surface area contributed by atoms with Gasteiger partial charge < -0.3 is 15.0 Å². The Labute approximate surface area is 106 Å². The SMILES string of the molecule is Cn1cnc(C(N)c2cccc(OC3CC3)c2)c1. The van der Waals surface area contributed by atoms with Gasteiger partial charge in [0.05, 0.1) is 24.2 Å². The van der Waals surface area contributed by atoms with Crippen molar-refractivity contribution in [2.24, 2.45) is 12.8 Å². The highest BCUT2D eigenvalue weighted by atomic mass is 16.5. The summed E-state index contributed by atoms with van der Waals surface area (Å²) in [5.41, 5.74) is 8.12. The lowest BCUT2D eigenvalue weighted by atomic mass is 10.1. The molecule has 0 spiro atoms. The molecule has 2 aromatic rings. The molecule has 1 heterocycles. The fourth-order valence-electron chi connectivity index (χ4n) is 1.92. The van der Waals surface area contributed by atoms with Crippen LogP contribution < -0.4 is 10.5 Å². The zero-order valence-corrected chi connectivity index (χ0v) is 10.4. The number of aryl methyl sites for hydroxylation is 1. The molecule has 94 valence electrons. The fourth-order valence-corrected chi connectivity index (χ4v) is 1.92. The van der Waals surface area contributed by atoms with E-state index in [0.717, 1.165) is 29.8 Å². The molecule has 18 heavy (non-hydrogen) atoms. The monoisotopic (exact) mass is 243 g/mol. The normalized spacial score (nSPS) is 16.6. The van der Waals surface area contributed by atoms with Crippen LogP contribution in [0.3, 0.4) is 0 Å². The van der Waals surface area contributed by atoms with Gasteiger partial charge in [0.25, 0.3) is 0 Å². The fraction of sp³-hybridized carbons (Fsp3) is 0.357. The predicted molar refractivity (Wildman–Crippen MR) is 69.3 cm³/mol. The number of benzene rings is 1. The van der Waals surface area contributed by atoms with Gasteiger partial charge in [-0.25, -0.2) is 4.98 Å². The minimum atomic E-state index is -0.200. The average Bonchev–Trinajstić information content (AvgIpc) is 3.08. The highest BCUT2D eigenvalue weighted by molar-refractivity contribution is 5.34. The van der Waals surface area contributed by atoms with E-state index in [1.807, 2.05) is 42.1 Å². The van der Waals surface area contributed by atoms with Gasteiger partial charge in [0.2, 0.25) is 0 Å². The van der Waals surface area contributed by atoms with Crippen molar-refractivity contribution >= 4 is 0 Å². The van der Waals surface area contributed by atoms with Crippen LogP contribution >= 0.6 is 0 Å². The first-order valence-corrected chi connectivity index (χ1v) is 6.22. The molecule has 1 aromatic carbocycles. The van der Waals surface area contributed by atoms with Crippen molar-refractivity contribution in [3.05, 3.63) is 48.0 Å². The number of hydrogen-bond acceptors (Lipinski definition) is 3. The summed E-state index contributed by atoms with van der Waals surface area (Å²) in [6, 6.07) is 7.79. The maximum Gasteiger partial charge on any atom is 0.120 e. The highest BCUT2D eigenvalue weighted by Gasteiger charge is 2.23. The molecular formula is C14H17N3O. The van der Waals surface area contributed by atoms with Crippen molar-refractivity contribution in [1.82, 2.24) is 9.55 Å². The number of ether oxygens (including phenoxy) is 1. The quantitative estimate of drug-likeness (QED) is 0.893. The van der Waals surface area contributed by atoms with Crippen LogP contribution in [0.15, 0.2) is 36.8 Å². The highest BCUT2D eigenvalue weighted by Crippen LogP contribution is 2.28. The smallest absolute Gasteiger partial charge is 0.120 e. The third-order valence-corrected chi connectivity index (χ3v) is 3.09. The second-order valence-electron chi connectivity index (χ2n) is 4.83. The van der Waals surface area contributed by atoms with E-state index in [0.29, 0.717) is 6.10 Å². The number of nitrogens with zero attached hydrogens (tertiary/aromatic N) is 2. The molecule has 1 fully saturated rings. The van der Waals surface area contributed by atoms with Crippen molar-refractivity contribution < 1.29 is 4.74 Å². The van der Waals surface area contributed by atoms with E-state index in [1.165, 1.54) is 0 Å². The van der Waals surface area contributed by atoms with E-state index in [9.17, 15) is 0 Å². The van der Waals surface area contributed by atoms with E-state index in [2.05, 4.69) is 4.98 Å². The Morgan fingerprint density at radius 2 is 2.28 bits per heavy atom. The molecule has 1 aliphatic carbocycles. The van der Waals surface area contributed by atoms with Crippen LogP contribution in [0.4, 0.5) is 0 Å². The Morgan fingerprint density at radius 1 is 1.44 bits per heavy atom. The van der Waals surface area contributed by atoms with E-state index in [4.69, 9.17) is 10.5 Å². The average molecular weight is 243 g/mol. The largest absolute Gasteiger partial charge is 0.490 e. The van der Waals surface area contributed by atoms with Gasteiger partial charge in [-0.15, -0.1) is 0 Å². The van der Waals surface area contributed by atoms with E-state index in [-0.39, 0.29) is 6.04 Å². The Morgan fingerprint density at radius 3 is 2.94 bits per heavy atom. The molecule has 3 rings (SSSR count). The number of nitrogens with two attached hydrogens (primary N) is 1. The van der Waals surface area contributed by atoms with Crippen LogP contribution in [0.1, 0.15) is 30.1 Å². The van der Waals surface area contributed by atoms with Crippen LogP contribution in [0, 0.1) is 0 Å². The van der Waals surface area contributed by atoms with Gasteiger partial charge in [0.15, 0.2) is 0 Å². The lowest BCUT2D eigenvalue weighted by molar-refractivity contribution is 0.303. The van der Waals surface area contributed by atoms with Gasteiger partial charge in [0.1, 0.15) is 5.75 Å². The minimum Gasteiger partial charge on any atom is -0.490 e. The standard InChI is InChI=1S/C14H17N3O/c1-17-8-13(16-9-17)14(15)10-3-2-4-12(7-10)18-11-5-6-11/h2-4,7-9,11,14H,5-6,15H2,1H3. The molecular weight excluding hydrogens is 226 g/mol. The topological polar surface area (TPSA) is 53.1 Å². The molecule has 0 radical (unpaired) electrons. The lowest BCUT2D eigenvalue weighted by Gasteiger charge is -2.11. The summed E-state index contributed by atoms with van der Waals surface area (Å²) in [5.74, 6) is 0.904. The maximum atomic E-state index is 6.21. The summed E-state index contributed by atoms with van der Waals surface area (Å²) in [7, 11) is 1.94. The number of imidazole rings is 1. The van der Waals surface area contributed by atoms with Crippen molar-refractivity contribution in [2.75, 3.05) is 0 Å². The molecule has 4 nitrogen and oxygen atoms in total. The molecule has 0 saturated heterocycles. The zero-order chi connectivity index (χ0) is 12.5. The molecule has 1 unspecified atom stereocenters. The first-order chi connectivity index (χ1) is 8.72. The summed E-state index contributed by atoms with van der Waals surface area (Å²) in [4.78, 5) is 4.29. The van der Waals surface area contributed by atoms with Crippen LogP contribution in [-0.4, -0.2) is 15.7 Å². The first-order valence-electron chi connectivity index (χ1n) is 6.22. The lowest BCUT2D eigenvalue weighted by Crippen LogP contribution is -2.12. The Kier molecular flexibility index (Phi) is 2.80. The Hall–Kier alpha value is -1.81. The molecule has 1 aromatic heterocycles. The van der Waals surface area contributed by atoms with Crippen LogP contribution in [-0.2, 0) is 7.05 Å². The molecule has 2 N–H and O–H groups in total. The third kappa shape index (κ3) is 2.38. The van der Waals surface area contributed by atoms with Crippen LogP contribution in [0.25, 0.3) is 0 Å². The maximum absolute atomic E-state index is 6.21. The Balaban J connectivity index is 1.81. The summed E-state index contributed by atoms with van der Waals surface area (Å²) in [6.45, 7) is 0. The number of rotatable bonds is 4. The Bertz CT molecular complexity index is 545. The summed E-state index contributed by atoms with van der Waals surface area (Å²) >= 11 is 0. The van der Waals surface area contributed by atoms with Gasteiger partial charge in [-0.05, 0) is 30.5 Å². The van der Waals surface area contributed by atoms with Crippen molar-refractivity contribution in [3.8, 4) is 5.75 Å². The van der Waals surface area contributed by atoms with Crippen molar-refractivity contribution in [3.63, 3.8) is 0 Å². The van der Waals surface area contributed by atoms with Gasteiger partial charge >= 0.3 is 0 Å². The molecule has 4 heteroatoms. The summed E-state index contributed by atoms with van der Waals surface area (Å²) in [5, 5.41) is 0. The van der Waals surface area contributed by atoms with Crippen LogP contribution in [0.5, 0.6) is 5.75 Å². The zero-order valence-electron chi connectivity index (χ0n) is 10.4. The van der Waals surface area contributed by atoms with Crippen LogP contribution in [0.2, 0.25) is 0 Å². The predicted octanol–water partition coefficient (Wildman–Crippen LogP) is 2.01. The first kappa shape index (κ1) is 11.3. The molecule has 1 atom stereocenters. The van der Waals surface area contributed by atoms with E-state index in [1.54, 1.807) is 6.33 Å². The van der Waals surface area contributed by atoms with Gasteiger partial charge in [0, 0.05) is 13.2 Å². The minimum absolute atomic E-state index is 0.200. The van der Waals surface area contributed by atoms with E-state index >= 15 is 0 Å². The summed E-state index contributed by atoms with van der Waals surface area (Å²) < 4.78 is 7.68. The van der Waals surface area contributed by atoms with Crippen molar-refractivity contribution in [1.29, 1.82) is 0 Å². The molecule has 0 amide bonds. The second-order valence-corrected chi connectivity index (χ2v) is 4.83. The van der Waals surface area contributed by atoms with E-state index < -0.39 is 0 Å². The van der Waals surface area contributed by atoms with Gasteiger partial charge in [-0.2, -0.15) is 0 Å². The molecule has 1 saturated carbocycles. The van der Waals surface area contributed by atoms with Gasteiger partial charge in [-0.3, -0.25) is 0 Å². The number of hydrogen-bond donors (Lipinski definition) is 1. The second kappa shape index (κ2) is 4.46. The molecule has 0 aliphatic heterocycles. The molecule has 0 bridgehead atoms. The summed E-state index contributed by atoms with van der Waals surface area (Å²) in [6.07, 6.45) is 6.44. The third-order valence-electron chi connectivity index (χ3n) is 3.09. The molecule has 1 aliphatic rings. The van der Waals surface area contributed by atoms with Crippen molar-refractivity contribution in [2.45, 2.75) is 25.0 Å². The van der Waals surface area contributed by atoms with Gasteiger partial charge in [-0.1, -0.05) is 12.1 Å². The number of aromatic nitrogens is 2.